The highest BCUT2D eigenvalue weighted by Gasteiger charge is 2.07. The Bertz CT molecular complexity index is 615. The van der Waals surface area contributed by atoms with E-state index in [0.29, 0.717) is 12.1 Å². The van der Waals surface area contributed by atoms with Gasteiger partial charge in [-0.2, -0.15) is 0 Å². The number of nitrogens with one attached hydrogen (secondary N) is 1. The summed E-state index contributed by atoms with van der Waals surface area (Å²) < 4.78 is 27.4. The first-order chi connectivity index (χ1) is 9.47. The molecule has 0 saturated carbocycles. The van der Waals surface area contributed by atoms with E-state index in [2.05, 4.69) is 21.2 Å². The van der Waals surface area contributed by atoms with Crippen molar-refractivity contribution < 1.29 is 8.78 Å². The van der Waals surface area contributed by atoms with Crippen LogP contribution in [0.1, 0.15) is 5.56 Å². The Morgan fingerprint density at radius 2 is 1.85 bits per heavy atom. The Balaban J connectivity index is 2.20. The smallest absolute Gasteiger partial charge is 0.131 e. The minimum Gasteiger partial charge on any atom is -0.379 e. The van der Waals surface area contributed by atoms with Crippen LogP contribution in [0, 0.1) is 11.6 Å². The minimum absolute atomic E-state index is 0.295. The summed E-state index contributed by atoms with van der Waals surface area (Å²) >= 11 is 3.41. The summed E-state index contributed by atoms with van der Waals surface area (Å²) in [6.07, 6.45) is 0. The van der Waals surface area contributed by atoms with E-state index < -0.39 is 11.6 Å². The molecule has 0 aliphatic heterocycles. The highest BCUT2D eigenvalue weighted by Crippen LogP contribution is 2.28. The molecule has 0 bridgehead atoms. The molecule has 0 unspecified atom stereocenters. The molecule has 0 amide bonds. The Hall–Kier alpha value is -1.62. The average molecular weight is 341 g/mol. The monoisotopic (exact) mass is 340 g/mol. The first-order valence-corrected chi connectivity index (χ1v) is 6.91. The third-order valence-corrected chi connectivity index (χ3v) is 3.42. The van der Waals surface area contributed by atoms with E-state index in [-0.39, 0.29) is 0 Å². The van der Waals surface area contributed by atoms with Gasteiger partial charge in [0.05, 0.1) is 11.4 Å². The Morgan fingerprint density at radius 1 is 1.10 bits per heavy atom. The number of anilines is 2. The Labute approximate surface area is 125 Å². The van der Waals surface area contributed by atoms with E-state index in [1.54, 1.807) is 0 Å². The van der Waals surface area contributed by atoms with Crippen molar-refractivity contribution in [2.45, 2.75) is 6.54 Å². The zero-order valence-electron chi connectivity index (χ0n) is 11.3. The highest BCUT2D eigenvalue weighted by molar-refractivity contribution is 9.10. The van der Waals surface area contributed by atoms with Gasteiger partial charge in [0.25, 0.3) is 0 Å². The molecule has 0 radical (unpaired) electrons. The number of benzene rings is 2. The fourth-order valence-electron chi connectivity index (χ4n) is 1.90. The van der Waals surface area contributed by atoms with Crippen LogP contribution in [-0.4, -0.2) is 14.1 Å². The van der Waals surface area contributed by atoms with Gasteiger partial charge in [0.2, 0.25) is 0 Å². The predicted molar refractivity (Wildman–Crippen MR) is 82.2 cm³/mol. The lowest BCUT2D eigenvalue weighted by Crippen LogP contribution is -2.12. The molecule has 5 heteroatoms. The molecule has 0 spiro atoms. The summed E-state index contributed by atoms with van der Waals surface area (Å²) in [5.41, 5.74) is 2.31. The Morgan fingerprint density at radius 3 is 2.50 bits per heavy atom. The van der Waals surface area contributed by atoms with Gasteiger partial charge in [0.1, 0.15) is 11.6 Å². The van der Waals surface area contributed by atoms with Gasteiger partial charge >= 0.3 is 0 Å². The third kappa shape index (κ3) is 3.48. The molecule has 0 atom stereocenters. The van der Waals surface area contributed by atoms with Crippen molar-refractivity contribution in [2.24, 2.45) is 0 Å². The molecule has 0 aliphatic rings. The van der Waals surface area contributed by atoms with Crippen LogP contribution in [0.4, 0.5) is 20.2 Å². The molecule has 20 heavy (non-hydrogen) atoms. The minimum atomic E-state index is -0.567. The summed E-state index contributed by atoms with van der Waals surface area (Å²) in [4.78, 5) is 1.97. The molecule has 2 aromatic carbocycles. The van der Waals surface area contributed by atoms with E-state index >= 15 is 0 Å². The molecule has 0 heterocycles. The quantitative estimate of drug-likeness (QED) is 0.886. The predicted octanol–water partition coefficient (Wildman–Crippen LogP) is 4.41. The number of hydrogen-bond donors (Lipinski definition) is 1. The van der Waals surface area contributed by atoms with Gasteiger partial charge in [-0.15, -0.1) is 0 Å². The van der Waals surface area contributed by atoms with Crippen molar-refractivity contribution in [3.8, 4) is 0 Å². The van der Waals surface area contributed by atoms with Crippen LogP contribution in [0.2, 0.25) is 0 Å². The number of rotatable bonds is 4. The van der Waals surface area contributed by atoms with Crippen LogP contribution in [0.5, 0.6) is 0 Å². The standard InChI is InChI=1S/C15H15BrF2N2/c1-20(2)15-6-4-11(16)7-14(15)19-9-10-3-5-12(17)8-13(10)18/h3-8,19H,9H2,1-2H3. The maximum absolute atomic E-state index is 13.6. The van der Waals surface area contributed by atoms with Gasteiger partial charge < -0.3 is 10.2 Å². The van der Waals surface area contributed by atoms with Crippen LogP contribution in [-0.2, 0) is 6.54 Å². The van der Waals surface area contributed by atoms with E-state index in [4.69, 9.17) is 0 Å². The van der Waals surface area contributed by atoms with Gasteiger partial charge in [0.15, 0.2) is 0 Å². The summed E-state index contributed by atoms with van der Waals surface area (Å²) in [6.45, 7) is 0.295. The normalized spacial score (nSPS) is 10.4. The van der Waals surface area contributed by atoms with Crippen molar-refractivity contribution in [3.63, 3.8) is 0 Å². The van der Waals surface area contributed by atoms with E-state index in [1.165, 1.54) is 12.1 Å². The molecule has 2 rings (SSSR count). The van der Waals surface area contributed by atoms with Gasteiger partial charge in [-0.3, -0.25) is 0 Å². The van der Waals surface area contributed by atoms with Crippen LogP contribution in [0.15, 0.2) is 40.9 Å². The fraction of sp³-hybridized carbons (Fsp3) is 0.200. The summed E-state index contributed by atoms with van der Waals surface area (Å²) in [7, 11) is 3.87. The summed E-state index contributed by atoms with van der Waals surface area (Å²) in [5, 5.41) is 3.18. The molecule has 0 aromatic heterocycles. The van der Waals surface area contributed by atoms with E-state index in [1.807, 2.05) is 37.2 Å². The van der Waals surface area contributed by atoms with Gasteiger partial charge in [-0.25, -0.2) is 8.78 Å². The van der Waals surface area contributed by atoms with Gasteiger partial charge in [-0.05, 0) is 24.3 Å². The SMILES string of the molecule is CN(C)c1ccc(Br)cc1NCc1ccc(F)cc1F. The van der Waals surface area contributed by atoms with Crippen molar-refractivity contribution in [1.29, 1.82) is 0 Å². The number of hydrogen-bond acceptors (Lipinski definition) is 2. The number of nitrogens with zero attached hydrogens (tertiary/aromatic N) is 1. The zero-order valence-corrected chi connectivity index (χ0v) is 12.8. The van der Waals surface area contributed by atoms with Crippen LogP contribution < -0.4 is 10.2 Å². The number of halogens is 3. The van der Waals surface area contributed by atoms with Gasteiger partial charge in [0, 0.05) is 36.7 Å². The van der Waals surface area contributed by atoms with Gasteiger partial charge in [-0.1, -0.05) is 22.0 Å². The van der Waals surface area contributed by atoms with Crippen molar-refractivity contribution in [2.75, 3.05) is 24.3 Å². The fourth-order valence-corrected chi connectivity index (χ4v) is 2.26. The first-order valence-electron chi connectivity index (χ1n) is 6.12. The summed E-state index contributed by atoms with van der Waals surface area (Å²) in [5.74, 6) is -1.11. The Kier molecular flexibility index (Phi) is 4.60. The zero-order chi connectivity index (χ0) is 14.7. The molecule has 0 fully saturated rings. The molecule has 0 saturated heterocycles. The molecule has 2 aromatic rings. The highest BCUT2D eigenvalue weighted by atomic mass is 79.9. The maximum atomic E-state index is 13.6. The van der Waals surface area contributed by atoms with Crippen LogP contribution in [0.3, 0.4) is 0 Å². The maximum Gasteiger partial charge on any atom is 0.131 e. The molecular formula is C15H15BrF2N2. The van der Waals surface area contributed by atoms with Crippen molar-refractivity contribution >= 4 is 27.3 Å². The lowest BCUT2D eigenvalue weighted by molar-refractivity contribution is 0.574. The lowest BCUT2D eigenvalue weighted by Gasteiger charge is -2.19. The molecular weight excluding hydrogens is 326 g/mol. The summed E-state index contributed by atoms with van der Waals surface area (Å²) in [6, 6.07) is 9.44. The molecule has 106 valence electrons. The first kappa shape index (κ1) is 14.8. The molecule has 2 nitrogen and oxygen atoms in total. The van der Waals surface area contributed by atoms with Crippen LogP contribution in [0.25, 0.3) is 0 Å². The second-order valence-corrected chi connectivity index (χ2v) is 5.56. The van der Waals surface area contributed by atoms with Crippen LogP contribution >= 0.6 is 15.9 Å². The average Bonchev–Trinajstić information content (AvgIpc) is 2.37. The van der Waals surface area contributed by atoms with E-state index in [9.17, 15) is 8.78 Å². The molecule has 0 aliphatic carbocycles. The van der Waals surface area contributed by atoms with E-state index in [0.717, 1.165) is 21.9 Å². The van der Waals surface area contributed by atoms with Crippen molar-refractivity contribution in [3.05, 3.63) is 58.1 Å². The largest absolute Gasteiger partial charge is 0.379 e. The topological polar surface area (TPSA) is 15.3 Å². The second kappa shape index (κ2) is 6.22. The van der Waals surface area contributed by atoms with Crippen molar-refractivity contribution in [1.82, 2.24) is 0 Å². The third-order valence-electron chi connectivity index (χ3n) is 2.92. The molecule has 1 N–H and O–H groups in total. The lowest BCUT2D eigenvalue weighted by atomic mass is 10.2. The second-order valence-electron chi connectivity index (χ2n) is 4.65.